The number of hydrogen-bond donors (Lipinski definition) is 1. The maximum absolute atomic E-state index is 12.7. The van der Waals surface area contributed by atoms with Crippen LogP contribution < -0.4 is 5.32 Å². The van der Waals surface area contributed by atoms with Crippen LogP contribution in [0, 0.1) is 20.8 Å². The van der Waals surface area contributed by atoms with Crippen molar-refractivity contribution in [1.82, 2.24) is 19.6 Å². The molecule has 4 aromatic rings. The lowest BCUT2D eigenvalue weighted by molar-refractivity contribution is 0.102. The largest absolute Gasteiger partial charge is 0.305 e. The second kappa shape index (κ2) is 9.30. The fourth-order valence-electron chi connectivity index (χ4n) is 3.47. The Morgan fingerprint density at radius 1 is 1.00 bits per heavy atom. The predicted molar refractivity (Wildman–Crippen MR) is 130 cm³/mol. The van der Waals surface area contributed by atoms with Crippen molar-refractivity contribution in [2.24, 2.45) is 0 Å². The second-order valence-electron chi connectivity index (χ2n) is 7.71. The third-order valence-corrected chi connectivity index (χ3v) is 6.86. The van der Waals surface area contributed by atoms with E-state index in [2.05, 4.69) is 31.4 Å². The number of rotatable bonds is 6. The first-order valence-electron chi connectivity index (χ1n) is 10.2. The van der Waals surface area contributed by atoms with Crippen LogP contribution in [0.5, 0.6) is 0 Å². The molecule has 4 rings (SSSR count). The highest BCUT2D eigenvalue weighted by atomic mass is 79.9. The minimum atomic E-state index is -0.201. The highest BCUT2D eigenvalue weighted by Gasteiger charge is 2.12. The zero-order chi connectivity index (χ0) is 22.8. The standard InChI is InChI=1S/C24H23BrClN5O/c1-15-12-22(29-30(15)14-20-6-4-5-7-21(20)26)27-24(32)19-10-8-18(9-11-19)13-31-17(3)23(25)16(2)28-31/h4-12H,13-14H2,1-3H3,(H,27,29,32). The van der Waals surface area contributed by atoms with Gasteiger partial charge in [0.05, 0.1) is 29.0 Å². The van der Waals surface area contributed by atoms with Gasteiger partial charge in [-0.2, -0.15) is 10.2 Å². The second-order valence-corrected chi connectivity index (χ2v) is 8.91. The molecule has 0 aliphatic carbocycles. The summed E-state index contributed by atoms with van der Waals surface area (Å²) in [6.45, 7) is 7.13. The van der Waals surface area contributed by atoms with Gasteiger partial charge in [-0.05, 0) is 66.0 Å². The van der Waals surface area contributed by atoms with Crippen LogP contribution in [0.25, 0.3) is 0 Å². The summed E-state index contributed by atoms with van der Waals surface area (Å²) in [6.07, 6.45) is 0. The van der Waals surface area contributed by atoms with Crippen molar-refractivity contribution in [3.63, 3.8) is 0 Å². The molecule has 0 atom stereocenters. The molecular weight excluding hydrogens is 490 g/mol. The molecule has 1 amide bonds. The van der Waals surface area contributed by atoms with E-state index < -0.39 is 0 Å². The fraction of sp³-hybridized carbons (Fsp3) is 0.208. The molecule has 2 heterocycles. The van der Waals surface area contributed by atoms with E-state index >= 15 is 0 Å². The summed E-state index contributed by atoms with van der Waals surface area (Å²) >= 11 is 9.81. The first kappa shape index (κ1) is 22.3. The van der Waals surface area contributed by atoms with Gasteiger partial charge in [0.1, 0.15) is 0 Å². The zero-order valence-electron chi connectivity index (χ0n) is 18.1. The number of aromatic nitrogens is 4. The summed E-state index contributed by atoms with van der Waals surface area (Å²) in [6, 6.07) is 17.0. The molecule has 0 saturated carbocycles. The van der Waals surface area contributed by atoms with Crippen molar-refractivity contribution >= 4 is 39.3 Å². The molecule has 0 aliphatic heterocycles. The third-order valence-electron chi connectivity index (χ3n) is 5.34. The van der Waals surface area contributed by atoms with Gasteiger partial charge in [0.2, 0.25) is 0 Å². The summed E-state index contributed by atoms with van der Waals surface area (Å²) in [5.74, 6) is 0.309. The zero-order valence-corrected chi connectivity index (χ0v) is 20.4. The van der Waals surface area contributed by atoms with Gasteiger partial charge in [-0.3, -0.25) is 14.2 Å². The highest BCUT2D eigenvalue weighted by Crippen LogP contribution is 2.21. The molecule has 0 spiro atoms. The molecule has 0 aliphatic rings. The van der Waals surface area contributed by atoms with E-state index in [4.69, 9.17) is 11.6 Å². The van der Waals surface area contributed by atoms with E-state index in [1.807, 2.05) is 84.7 Å². The van der Waals surface area contributed by atoms with E-state index in [-0.39, 0.29) is 5.91 Å². The van der Waals surface area contributed by atoms with Gasteiger partial charge in [0.25, 0.3) is 5.91 Å². The molecule has 0 saturated heterocycles. The molecule has 0 bridgehead atoms. The Balaban J connectivity index is 1.43. The monoisotopic (exact) mass is 511 g/mol. The molecule has 2 aromatic carbocycles. The summed E-state index contributed by atoms with van der Waals surface area (Å²) in [4.78, 5) is 12.7. The van der Waals surface area contributed by atoms with Crippen LogP contribution in [0.15, 0.2) is 59.1 Å². The Hall–Kier alpha value is -2.90. The number of carbonyl (C=O) groups is 1. The van der Waals surface area contributed by atoms with Crippen LogP contribution in [0.1, 0.15) is 38.6 Å². The average molecular weight is 513 g/mol. The minimum Gasteiger partial charge on any atom is -0.305 e. The number of nitrogens with zero attached hydrogens (tertiary/aromatic N) is 4. The number of halogens is 2. The Bertz CT molecular complexity index is 1280. The number of carbonyl (C=O) groups excluding carboxylic acids is 1. The summed E-state index contributed by atoms with van der Waals surface area (Å²) in [7, 11) is 0. The molecule has 0 radical (unpaired) electrons. The van der Waals surface area contributed by atoms with Crippen LogP contribution >= 0.6 is 27.5 Å². The van der Waals surface area contributed by atoms with E-state index in [9.17, 15) is 4.79 Å². The predicted octanol–water partition coefficient (Wildman–Crippen LogP) is 5.77. The molecule has 0 unspecified atom stereocenters. The van der Waals surface area contributed by atoms with Crippen molar-refractivity contribution < 1.29 is 4.79 Å². The molecule has 8 heteroatoms. The fourth-order valence-corrected chi connectivity index (χ4v) is 3.95. The quantitative estimate of drug-likeness (QED) is 0.357. The molecule has 6 nitrogen and oxygen atoms in total. The van der Waals surface area contributed by atoms with Crippen LogP contribution in [0.3, 0.4) is 0 Å². The molecule has 0 fully saturated rings. The summed E-state index contributed by atoms with van der Waals surface area (Å²) < 4.78 is 4.80. The van der Waals surface area contributed by atoms with Gasteiger partial charge < -0.3 is 5.32 Å². The number of benzene rings is 2. The minimum absolute atomic E-state index is 0.201. The van der Waals surface area contributed by atoms with Crippen molar-refractivity contribution in [1.29, 1.82) is 0 Å². The molecule has 32 heavy (non-hydrogen) atoms. The lowest BCUT2D eigenvalue weighted by Crippen LogP contribution is -2.13. The number of nitrogens with one attached hydrogen (secondary N) is 1. The maximum atomic E-state index is 12.7. The van der Waals surface area contributed by atoms with Crippen LogP contribution in [-0.4, -0.2) is 25.5 Å². The maximum Gasteiger partial charge on any atom is 0.256 e. The normalized spacial score (nSPS) is 11.0. The Morgan fingerprint density at radius 2 is 1.72 bits per heavy atom. The lowest BCUT2D eigenvalue weighted by atomic mass is 10.1. The van der Waals surface area contributed by atoms with Gasteiger partial charge in [-0.1, -0.05) is 41.9 Å². The van der Waals surface area contributed by atoms with Gasteiger partial charge in [0.15, 0.2) is 5.82 Å². The van der Waals surface area contributed by atoms with Crippen molar-refractivity contribution in [3.8, 4) is 0 Å². The van der Waals surface area contributed by atoms with Gasteiger partial charge in [-0.25, -0.2) is 0 Å². The number of hydrogen-bond acceptors (Lipinski definition) is 3. The number of aryl methyl sites for hydroxylation is 2. The van der Waals surface area contributed by atoms with Crippen LogP contribution in [-0.2, 0) is 13.1 Å². The third kappa shape index (κ3) is 4.79. The van der Waals surface area contributed by atoms with Crippen molar-refractivity contribution in [2.75, 3.05) is 5.32 Å². The Morgan fingerprint density at radius 3 is 2.38 bits per heavy atom. The van der Waals surface area contributed by atoms with Crippen LogP contribution in [0.2, 0.25) is 5.02 Å². The first-order chi connectivity index (χ1) is 15.3. The van der Waals surface area contributed by atoms with E-state index in [0.29, 0.717) is 29.5 Å². The van der Waals surface area contributed by atoms with E-state index in [0.717, 1.165) is 32.7 Å². The number of amides is 1. The SMILES string of the molecule is Cc1nn(Cc2ccc(C(=O)Nc3cc(C)n(Cc4ccccc4Cl)n3)cc2)c(C)c1Br. The smallest absolute Gasteiger partial charge is 0.256 e. The lowest BCUT2D eigenvalue weighted by Gasteiger charge is -2.07. The summed E-state index contributed by atoms with van der Waals surface area (Å²) in [5.41, 5.74) is 5.59. The first-order valence-corrected chi connectivity index (χ1v) is 11.4. The average Bonchev–Trinajstić information content (AvgIpc) is 3.23. The Labute approximate surface area is 200 Å². The van der Waals surface area contributed by atoms with Gasteiger partial charge in [-0.15, -0.1) is 0 Å². The van der Waals surface area contributed by atoms with Crippen molar-refractivity contribution in [3.05, 3.63) is 97.9 Å². The topological polar surface area (TPSA) is 64.7 Å². The van der Waals surface area contributed by atoms with Gasteiger partial charge in [0, 0.05) is 22.3 Å². The molecule has 2 aromatic heterocycles. The summed E-state index contributed by atoms with van der Waals surface area (Å²) in [5, 5.41) is 12.6. The molecule has 164 valence electrons. The number of anilines is 1. The highest BCUT2D eigenvalue weighted by molar-refractivity contribution is 9.10. The molecular formula is C24H23BrClN5O. The van der Waals surface area contributed by atoms with Crippen LogP contribution in [0.4, 0.5) is 5.82 Å². The van der Waals surface area contributed by atoms with Gasteiger partial charge >= 0.3 is 0 Å². The van der Waals surface area contributed by atoms with E-state index in [1.54, 1.807) is 0 Å². The Kier molecular flexibility index (Phi) is 6.48. The molecule has 1 N–H and O–H groups in total. The van der Waals surface area contributed by atoms with E-state index in [1.165, 1.54) is 0 Å². The van der Waals surface area contributed by atoms with Crippen molar-refractivity contribution in [2.45, 2.75) is 33.9 Å².